The van der Waals surface area contributed by atoms with Gasteiger partial charge in [-0.25, -0.2) is 14.4 Å². The normalized spacial score (nSPS) is 10.6. The van der Waals surface area contributed by atoms with Crippen LogP contribution in [0.5, 0.6) is 0 Å². The molecule has 0 aliphatic heterocycles. The summed E-state index contributed by atoms with van der Waals surface area (Å²) in [5.41, 5.74) is 9.03. The summed E-state index contributed by atoms with van der Waals surface area (Å²) in [5, 5.41) is 0. The number of nitrogens with two attached hydrogens (primary N) is 1. The molecule has 0 saturated carbocycles. The minimum Gasteiger partial charge on any atom is -0.363 e. The molecule has 0 bridgehead atoms. The van der Waals surface area contributed by atoms with Gasteiger partial charge in [-0.05, 0) is 48.2 Å². The van der Waals surface area contributed by atoms with Crippen LogP contribution >= 0.6 is 0 Å². The number of nitrogens with zero attached hydrogens (tertiary/aromatic N) is 3. The number of pyridine rings is 1. The molecule has 0 unspecified atom stereocenters. The van der Waals surface area contributed by atoms with Gasteiger partial charge in [-0.1, -0.05) is 18.2 Å². The van der Waals surface area contributed by atoms with Crippen LogP contribution in [0, 0.1) is 12.7 Å². The molecule has 0 aliphatic rings. The summed E-state index contributed by atoms with van der Waals surface area (Å²) < 4.78 is 13.2. The fourth-order valence-electron chi connectivity index (χ4n) is 2.37. The topological polar surface area (TPSA) is 81.8 Å². The van der Waals surface area contributed by atoms with E-state index in [9.17, 15) is 9.18 Å². The predicted octanol–water partition coefficient (Wildman–Crippen LogP) is 2.68. The van der Waals surface area contributed by atoms with Gasteiger partial charge in [0.25, 0.3) is 5.91 Å². The van der Waals surface area contributed by atoms with E-state index in [-0.39, 0.29) is 11.6 Å². The zero-order valence-corrected chi connectivity index (χ0v) is 13.0. The summed E-state index contributed by atoms with van der Waals surface area (Å²) in [6, 6.07) is 10.2. The molecule has 0 saturated heterocycles. The van der Waals surface area contributed by atoms with E-state index in [1.54, 1.807) is 18.5 Å². The lowest BCUT2D eigenvalue weighted by Gasteiger charge is -2.07. The molecule has 5 nitrogen and oxygen atoms in total. The number of carbonyl (C=O) groups excluding carboxylic acids is 1. The number of hydrogen-bond donors (Lipinski definition) is 1. The van der Waals surface area contributed by atoms with Crippen molar-refractivity contribution in [2.45, 2.75) is 13.3 Å². The van der Waals surface area contributed by atoms with Crippen LogP contribution in [0.15, 0.2) is 48.8 Å². The van der Waals surface area contributed by atoms with Crippen LogP contribution in [0.1, 0.15) is 27.3 Å². The minimum absolute atomic E-state index is 0.0405. The van der Waals surface area contributed by atoms with Gasteiger partial charge >= 0.3 is 0 Å². The van der Waals surface area contributed by atoms with E-state index in [0.717, 1.165) is 16.7 Å². The van der Waals surface area contributed by atoms with E-state index in [0.29, 0.717) is 17.8 Å². The molecular formula is C18H15FN4O. The maximum absolute atomic E-state index is 13.2. The largest absolute Gasteiger partial charge is 0.363 e. The van der Waals surface area contributed by atoms with Crippen molar-refractivity contribution in [1.82, 2.24) is 15.0 Å². The number of carbonyl (C=O) groups is 1. The summed E-state index contributed by atoms with van der Waals surface area (Å²) in [6.07, 6.45) is 3.84. The lowest BCUT2D eigenvalue weighted by Crippen LogP contribution is -2.16. The van der Waals surface area contributed by atoms with Crippen molar-refractivity contribution >= 4 is 5.91 Å². The van der Waals surface area contributed by atoms with E-state index in [1.807, 2.05) is 25.1 Å². The van der Waals surface area contributed by atoms with Crippen LogP contribution < -0.4 is 5.73 Å². The van der Waals surface area contributed by atoms with Crippen LogP contribution in [0.2, 0.25) is 0 Å². The van der Waals surface area contributed by atoms with Crippen LogP contribution in [0.25, 0.3) is 11.4 Å². The van der Waals surface area contributed by atoms with Gasteiger partial charge in [0, 0.05) is 12.4 Å². The smallest absolute Gasteiger partial charge is 0.286 e. The van der Waals surface area contributed by atoms with Gasteiger partial charge in [-0.15, -0.1) is 0 Å². The Hall–Kier alpha value is -3.15. The summed E-state index contributed by atoms with van der Waals surface area (Å²) in [6.45, 7) is 1.84. The lowest BCUT2D eigenvalue weighted by molar-refractivity contribution is 0.0990. The van der Waals surface area contributed by atoms with Crippen LogP contribution in [-0.4, -0.2) is 20.9 Å². The molecule has 0 fully saturated rings. The second-order valence-electron chi connectivity index (χ2n) is 5.45. The van der Waals surface area contributed by atoms with Crippen molar-refractivity contribution < 1.29 is 9.18 Å². The third kappa shape index (κ3) is 3.43. The van der Waals surface area contributed by atoms with E-state index < -0.39 is 5.91 Å². The van der Waals surface area contributed by atoms with Crippen LogP contribution in [0.4, 0.5) is 4.39 Å². The van der Waals surface area contributed by atoms with Crippen molar-refractivity contribution in [3.63, 3.8) is 0 Å². The Morgan fingerprint density at radius 1 is 1.12 bits per heavy atom. The Balaban J connectivity index is 1.87. The van der Waals surface area contributed by atoms with E-state index in [4.69, 9.17) is 5.73 Å². The Morgan fingerprint density at radius 2 is 1.96 bits per heavy atom. The summed E-state index contributed by atoms with van der Waals surface area (Å²) >= 11 is 0. The molecule has 0 atom stereocenters. The average molecular weight is 322 g/mol. The monoisotopic (exact) mass is 322 g/mol. The van der Waals surface area contributed by atoms with Gasteiger partial charge in [0.1, 0.15) is 5.82 Å². The maximum atomic E-state index is 13.2. The highest BCUT2D eigenvalue weighted by Gasteiger charge is 2.11. The lowest BCUT2D eigenvalue weighted by atomic mass is 10.1. The van der Waals surface area contributed by atoms with Gasteiger partial charge in [-0.3, -0.25) is 9.78 Å². The molecule has 2 aromatic heterocycles. The number of primary amides is 1. The number of rotatable bonds is 4. The number of hydrogen-bond acceptors (Lipinski definition) is 4. The highest BCUT2D eigenvalue weighted by atomic mass is 19.1. The van der Waals surface area contributed by atoms with Crippen molar-refractivity contribution in [3.8, 4) is 11.4 Å². The predicted molar refractivity (Wildman–Crippen MR) is 87.7 cm³/mol. The highest BCUT2D eigenvalue weighted by molar-refractivity contribution is 5.89. The van der Waals surface area contributed by atoms with Crippen LogP contribution in [0.3, 0.4) is 0 Å². The number of halogens is 1. The molecule has 0 radical (unpaired) electrons. The molecule has 6 heteroatoms. The fourth-order valence-corrected chi connectivity index (χ4v) is 2.37. The van der Waals surface area contributed by atoms with Gasteiger partial charge in [0.2, 0.25) is 5.82 Å². The number of aryl methyl sites for hydroxylation is 1. The summed E-state index contributed by atoms with van der Waals surface area (Å²) in [7, 11) is 0. The molecule has 0 aliphatic carbocycles. The van der Waals surface area contributed by atoms with E-state index in [2.05, 4.69) is 15.0 Å². The average Bonchev–Trinajstić information content (AvgIpc) is 2.56. The molecule has 0 spiro atoms. The second-order valence-corrected chi connectivity index (χ2v) is 5.45. The van der Waals surface area contributed by atoms with Gasteiger partial charge in [-0.2, -0.15) is 0 Å². The van der Waals surface area contributed by atoms with Crippen molar-refractivity contribution in [3.05, 3.63) is 77.1 Å². The first kappa shape index (κ1) is 15.7. The quantitative estimate of drug-likeness (QED) is 0.800. The third-order valence-corrected chi connectivity index (χ3v) is 3.56. The first-order chi connectivity index (χ1) is 11.5. The second kappa shape index (κ2) is 6.54. The minimum atomic E-state index is -0.682. The Kier molecular flexibility index (Phi) is 4.29. The molecule has 3 aromatic rings. The van der Waals surface area contributed by atoms with Crippen molar-refractivity contribution in [2.75, 3.05) is 0 Å². The molecule has 3 rings (SSSR count). The molecule has 1 amide bonds. The van der Waals surface area contributed by atoms with Crippen molar-refractivity contribution in [2.24, 2.45) is 5.73 Å². The summed E-state index contributed by atoms with van der Waals surface area (Å²) in [4.78, 5) is 23.7. The zero-order valence-electron chi connectivity index (χ0n) is 13.0. The molecular weight excluding hydrogens is 307 g/mol. The maximum Gasteiger partial charge on any atom is 0.286 e. The first-order valence-electron chi connectivity index (χ1n) is 7.36. The molecule has 1 aromatic carbocycles. The molecule has 24 heavy (non-hydrogen) atoms. The third-order valence-electron chi connectivity index (χ3n) is 3.56. The van der Waals surface area contributed by atoms with Gasteiger partial charge < -0.3 is 5.73 Å². The Morgan fingerprint density at radius 3 is 2.62 bits per heavy atom. The standard InChI is InChI=1S/C18H15FN4O/c1-11-9-22-18(17(20)24)23-16(11)15-6-5-13(10-21-15)7-12-3-2-4-14(19)8-12/h2-6,8-10H,7H2,1H3,(H2,20,24). The first-order valence-corrected chi connectivity index (χ1v) is 7.36. The zero-order chi connectivity index (χ0) is 17.1. The number of aromatic nitrogens is 3. The number of amides is 1. The molecule has 120 valence electrons. The number of benzene rings is 1. The van der Waals surface area contributed by atoms with E-state index >= 15 is 0 Å². The van der Waals surface area contributed by atoms with E-state index in [1.165, 1.54) is 12.1 Å². The SMILES string of the molecule is Cc1cnc(C(N)=O)nc1-c1ccc(Cc2cccc(F)c2)cn1. The Labute approximate surface area is 138 Å². The van der Waals surface area contributed by atoms with Gasteiger partial charge in [0.05, 0.1) is 11.4 Å². The fraction of sp³-hybridized carbons (Fsp3) is 0.111. The van der Waals surface area contributed by atoms with Crippen LogP contribution in [-0.2, 0) is 6.42 Å². The Bertz CT molecular complexity index is 894. The van der Waals surface area contributed by atoms with Gasteiger partial charge in [0.15, 0.2) is 0 Å². The molecule has 2 heterocycles. The summed E-state index contributed by atoms with van der Waals surface area (Å²) in [5.74, 6) is -0.979. The highest BCUT2D eigenvalue weighted by Crippen LogP contribution is 2.19. The molecule has 2 N–H and O–H groups in total. The van der Waals surface area contributed by atoms with Crippen molar-refractivity contribution in [1.29, 1.82) is 0 Å².